The Morgan fingerprint density at radius 1 is 0.802 bits per heavy atom. The highest BCUT2D eigenvalue weighted by atomic mass is 33.1. The highest BCUT2D eigenvalue weighted by Crippen LogP contribution is 2.38. The smallest absolute Gasteiger partial charge is 0.410 e. The van der Waals surface area contributed by atoms with Crippen LogP contribution in [-0.2, 0) is 44.7 Å². The van der Waals surface area contributed by atoms with Gasteiger partial charge < -0.3 is 60.6 Å². The van der Waals surface area contributed by atoms with E-state index < -0.39 is 95.8 Å². The summed E-state index contributed by atoms with van der Waals surface area (Å²) in [7, 11) is 8.76. The van der Waals surface area contributed by atoms with E-state index in [9.17, 15) is 53.7 Å². The first-order valence-electron chi connectivity index (χ1n) is 33.3. The Morgan fingerprint density at radius 3 is 2.06 bits per heavy atom. The number of hydrogen-bond acceptors (Lipinski definition) is 18. The number of amides is 7. The highest BCUT2D eigenvalue weighted by Gasteiger charge is 2.44. The molecule has 0 spiro atoms. The fourth-order valence-corrected chi connectivity index (χ4v) is 14.9. The third kappa shape index (κ3) is 20.0. The fraction of sp³-hybridized carbons (Fsp3) is 0.609. The summed E-state index contributed by atoms with van der Waals surface area (Å²) in [5.41, 5.74) is 8.34. The number of phenolic OH excluding ortho intramolecular Hbond substituents is 2. The van der Waals surface area contributed by atoms with Gasteiger partial charge in [0.25, 0.3) is 0 Å². The molecule has 0 radical (unpaired) electrons. The summed E-state index contributed by atoms with van der Waals surface area (Å²) in [5, 5.41) is 44.5. The second-order valence-electron chi connectivity index (χ2n) is 26.4. The molecule has 25 nitrogen and oxygen atoms in total. The van der Waals surface area contributed by atoms with E-state index in [4.69, 9.17) is 19.9 Å². The molecule has 0 aliphatic carbocycles. The van der Waals surface area contributed by atoms with E-state index in [1.165, 1.54) is 51.3 Å². The molecule has 8 N–H and O–H groups in total. The summed E-state index contributed by atoms with van der Waals surface area (Å²) in [5.74, 6) is -3.48. The van der Waals surface area contributed by atoms with Gasteiger partial charge >= 0.3 is 17.8 Å². The average molecular weight is 1370 g/mol. The minimum absolute atomic E-state index is 0.0464. The standard InChI is InChI=1S/C69H103N11O14S2/c1-15-43(8)60(56(92-13)37-57(84)79-27-19-22-52(79)62(93-14)45(10)53(81)34-44(9)61(85)47-20-17-16-18-21-47)75(11)66(88)58(41(4)5)72-65(87)59(42(6)7)76(12)69(91)94-32-33-95-96-39-51(63(70)86)71-67(89)78-30-28-77(29-31-78)38-46-23-25-48(26-24-46)80-64(73-74-68(80)90)50-35-49(40(2)3)54(82)36-55(50)83/h16-18,20-21,23-26,35-36,40-45,51-52,56,58-62,82-83,85H,15,19,22,27-34,37-39H2,1-14H3,(H2,70,86)(H,71,89)(H,72,87)(H,74,90)/t43-,44-,45-,51-,52-,56+,58-,59-,60-,61+,62+/m0/s1. The lowest BCUT2D eigenvalue weighted by molar-refractivity contribution is -0.148. The van der Waals surface area contributed by atoms with Crippen LogP contribution in [0.15, 0.2) is 71.5 Å². The van der Waals surface area contributed by atoms with Crippen molar-refractivity contribution in [2.75, 3.05) is 79.2 Å². The molecule has 0 unspecified atom stereocenters. The molecule has 27 heteroatoms. The third-order valence-corrected chi connectivity index (χ3v) is 21.1. The Morgan fingerprint density at radius 2 is 1.47 bits per heavy atom. The molecule has 2 saturated heterocycles. The number of ketones is 1. The zero-order valence-electron chi connectivity index (χ0n) is 58.2. The number of aromatic amines is 1. The van der Waals surface area contributed by atoms with E-state index >= 15 is 0 Å². The lowest BCUT2D eigenvalue weighted by Crippen LogP contribution is -2.60. The number of phenols is 2. The predicted octanol–water partition coefficient (Wildman–Crippen LogP) is 7.31. The third-order valence-electron chi connectivity index (χ3n) is 18.7. The van der Waals surface area contributed by atoms with Crippen LogP contribution >= 0.6 is 21.6 Å². The number of piperazine rings is 1. The van der Waals surface area contributed by atoms with Gasteiger partial charge in [0.2, 0.25) is 23.6 Å². The predicted molar refractivity (Wildman–Crippen MR) is 371 cm³/mol. The van der Waals surface area contributed by atoms with Gasteiger partial charge in [0.05, 0.1) is 48.1 Å². The second kappa shape index (κ2) is 36.4. The van der Waals surface area contributed by atoms with E-state index in [0.717, 1.165) is 11.1 Å². The van der Waals surface area contributed by atoms with Gasteiger partial charge in [0.1, 0.15) is 42.0 Å². The number of nitrogens with one attached hydrogen (secondary N) is 3. The number of likely N-dealkylation sites (N-methyl/N-ethyl adjacent to an activating group) is 2. The Labute approximate surface area is 572 Å². The van der Waals surface area contributed by atoms with Crippen molar-refractivity contribution in [3.05, 3.63) is 93.9 Å². The number of urea groups is 1. The van der Waals surface area contributed by atoms with Gasteiger partial charge in [-0.1, -0.05) is 140 Å². The van der Waals surface area contributed by atoms with Crippen LogP contribution in [-0.4, -0.2) is 218 Å². The fourth-order valence-electron chi connectivity index (χ4n) is 12.9. The molecule has 96 heavy (non-hydrogen) atoms. The average Bonchev–Trinajstić information content (AvgIpc) is 1.62. The number of nitrogens with two attached hydrogens (primary N) is 1. The Bertz CT molecular complexity index is 3290. The maximum Gasteiger partial charge on any atom is 0.410 e. The van der Waals surface area contributed by atoms with E-state index in [-0.39, 0.29) is 78.0 Å². The number of primary amides is 1. The van der Waals surface area contributed by atoms with Crippen LogP contribution in [0.5, 0.6) is 11.5 Å². The molecular formula is C69H103N11O14S2. The van der Waals surface area contributed by atoms with Gasteiger partial charge in [-0.15, -0.1) is 0 Å². The number of aromatic nitrogens is 3. The molecule has 2 aliphatic rings. The van der Waals surface area contributed by atoms with Crippen LogP contribution in [0.1, 0.15) is 130 Å². The van der Waals surface area contributed by atoms with Gasteiger partial charge in [-0.2, -0.15) is 5.10 Å². The highest BCUT2D eigenvalue weighted by molar-refractivity contribution is 8.76. The van der Waals surface area contributed by atoms with Crippen molar-refractivity contribution in [1.82, 2.24) is 49.9 Å². The summed E-state index contributed by atoms with van der Waals surface area (Å²) in [6, 6.07) is 15.0. The summed E-state index contributed by atoms with van der Waals surface area (Å²) in [6.45, 7) is 21.5. The largest absolute Gasteiger partial charge is 0.508 e. The quantitative estimate of drug-likeness (QED) is 0.0178. The number of H-pyrrole nitrogens is 1. The first kappa shape index (κ1) is 77.8. The number of aliphatic hydroxyl groups excluding tert-OH is 1. The number of nitrogens with zero attached hydrogens (tertiary/aromatic N) is 7. The number of benzene rings is 3. The molecule has 4 aromatic rings. The SMILES string of the molecule is CC[C@H](C)[C@@H]([C@@H](CC(=O)N1CCC[C@H]1[C@H](OC)[C@@H](C)C(=O)C[C@H](C)[C@@H](O)c1ccccc1)OC)N(C)C(=O)[C@@H](NC(=O)[C@H](C(C)C)N(C)C(=O)OCCSSC[C@H](NC(=O)N1CCN(Cc2ccc(-n3c(-c4cc(C(C)C)c(O)cc4O)n[nH]c3=O)cc2)CC1)C(N)=O)C(C)C. The number of carbonyl (C=O) groups is 7. The molecule has 1 aromatic heterocycles. The molecule has 0 saturated carbocycles. The Kier molecular flexibility index (Phi) is 29.5. The van der Waals surface area contributed by atoms with Crippen molar-refractivity contribution in [3.63, 3.8) is 0 Å². The van der Waals surface area contributed by atoms with Gasteiger partial charge in [0.15, 0.2) is 5.82 Å². The van der Waals surface area contributed by atoms with Crippen molar-refractivity contribution in [1.29, 1.82) is 0 Å². The number of aliphatic hydroxyl groups is 1. The van der Waals surface area contributed by atoms with Crippen LogP contribution in [0.4, 0.5) is 9.59 Å². The van der Waals surface area contributed by atoms with Crippen molar-refractivity contribution in [2.24, 2.45) is 35.3 Å². The molecule has 6 rings (SSSR count). The summed E-state index contributed by atoms with van der Waals surface area (Å²) < 4.78 is 19.1. The summed E-state index contributed by atoms with van der Waals surface area (Å²) in [4.78, 5) is 118. The normalized spacial score (nSPS) is 17.6. The van der Waals surface area contributed by atoms with Gasteiger partial charge in [0, 0.05) is 97.5 Å². The zero-order valence-corrected chi connectivity index (χ0v) is 59.8. The number of methoxy groups -OCH3 is 2. The van der Waals surface area contributed by atoms with E-state index in [0.29, 0.717) is 81.1 Å². The Hall–Kier alpha value is -7.17. The van der Waals surface area contributed by atoms with Gasteiger partial charge in [-0.3, -0.25) is 33.8 Å². The number of Topliss-reactive ketones (excluding diaryl/α,β-unsaturated/α-hetero) is 1. The minimum Gasteiger partial charge on any atom is -0.508 e. The molecule has 0 bridgehead atoms. The molecule has 530 valence electrons. The van der Waals surface area contributed by atoms with Crippen LogP contribution in [0.25, 0.3) is 17.1 Å². The van der Waals surface area contributed by atoms with Crippen LogP contribution < -0.4 is 22.1 Å². The minimum atomic E-state index is -1.03. The molecule has 3 aromatic carbocycles. The molecule has 7 amide bonds. The number of likely N-dealkylation sites (tertiary alicyclic amines) is 1. The lowest BCUT2D eigenvalue weighted by atomic mass is 9.85. The first-order valence-corrected chi connectivity index (χ1v) is 35.8. The van der Waals surface area contributed by atoms with E-state index in [1.807, 2.05) is 97.9 Å². The summed E-state index contributed by atoms with van der Waals surface area (Å²) >= 11 is 0. The molecule has 2 fully saturated rings. The summed E-state index contributed by atoms with van der Waals surface area (Å²) in [6.07, 6.45) is -0.876. The van der Waals surface area contributed by atoms with Crippen molar-refractivity contribution >= 4 is 63.1 Å². The topological polar surface area (TPSA) is 325 Å². The van der Waals surface area contributed by atoms with Gasteiger partial charge in [-0.05, 0) is 77.3 Å². The van der Waals surface area contributed by atoms with Crippen molar-refractivity contribution < 1.29 is 63.1 Å². The number of aromatic hydroxyl groups is 2. The van der Waals surface area contributed by atoms with Crippen LogP contribution in [0.3, 0.4) is 0 Å². The van der Waals surface area contributed by atoms with Crippen molar-refractivity contribution in [2.45, 2.75) is 162 Å². The zero-order chi connectivity index (χ0) is 70.8. The molecular weight excluding hydrogens is 1270 g/mol. The van der Waals surface area contributed by atoms with Gasteiger partial charge in [-0.25, -0.2) is 24.0 Å². The number of ether oxygens (including phenoxy) is 3. The second-order valence-corrected chi connectivity index (χ2v) is 29.1. The first-order chi connectivity index (χ1) is 45.5. The molecule has 3 heterocycles. The van der Waals surface area contributed by atoms with E-state index in [1.54, 1.807) is 60.9 Å². The maximum atomic E-state index is 14.8. The van der Waals surface area contributed by atoms with Crippen molar-refractivity contribution in [3.8, 4) is 28.6 Å². The lowest BCUT2D eigenvalue weighted by Gasteiger charge is -2.41. The number of hydrogen-bond donors (Lipinski definition) is 7. The molecule has 2 aliphatic heterocycles. The van der Waals surface area contributed by atoms with E-state index in [2.05, 4.69) is 25.7 Å². The Balaban J connectivity index is 0.951. The number of carbonyl (C=O) groups excluding carboxylic acids is 7. The molecule has 11 atom stereocenters. The monoisotopic (exact) mass is 1370 g/mol. The van der Waals surface area contributed by atoms with Crippen LogP contribution in [0, 0.1) is 29.6 Å². The number of rotatable bonds is 34. The van der Waals surface area contributed by atoms with Crippen LogP contribution in [0.2, 0.25) is 0 Å². The maximum absolute atomic E-state index is 14.8.